The highest BCUT2D eigenvalue weighted by Crippen LogP contribution is 2.16. The minimum atomic E-state index is 0.137. The molecule has 17 heavy (non-hydrogen) atoms. The largest absolute Gasteiger partial charge is 0.364 e. The Morgan fingerprint density at radius 1 is 1.35 bits per heavy atom. The summed E-state index contributed by atoms with van der Waals surface area (Å²) in [6, 6.07) is 1.95. The zero-order chi connectivity index (χ0) is 12.8. The van der Waals surface area contributed by atoms with Gasteiger partial charge < -0.3 is 9.80 Å². The van der Waals surface area contributed by atoms with Crippen LogP contribution in [0.2, 0.25) is 0 Å². The summed E-state index contributed by atoms with van der Waals surface area (Å²) in [5, 5.41) is 0. The zero-order valence-electron chi connectivity index (χ0n) is 10.5. The molecule has 0 unspecified atom stereocenters. The third kappa shape index (κ3) is 4.00. The SMILES string of the molecule is CCN(CC)C(=O)CN(C)c1cncc(Br)c1. The molecule has 5 heteroatoms. The van der Waals surface area contributed by atoms with E-state index in [9.17, 15) is 4.79 Å². The predicted molar refractivity (Wildman–Crippen MR) is 73.1 cm³/mol. The maximum Gasteiger partial charge on any atom is 0.242 e. The summed E-state index contributed by atoms with van der Waals surface area (Å²) in [6.45, 7) is 5.85. The number of amides is 1. The second-order valence-corrected chi connectivity index (χ2v) is 4.70. The molecule has 0 bridgehead atoms. The average Bonchev–Trinajstić information content (AvgIpc) is 2.30. The quantitative estimate of drug-likeness (QED) is 0.836. The molecule has 4 nitrogen and oxygen atoms in total. The first-order chi connectivity index (χ1) is 8.08. The second-order valence-electron chi connectivity index (χ2n) is 3.78. The smallest absolute Gasteiger partial charge is 0.242 e. The lowest BCUT2D eigenvalue weighted by atomic mass is 10.3. The van der Waals surface area contributed by atoms with Gasteiger partial charge in [-0.25, -0.2) is 0 Å². The number of anilines is 1. The Morgan fingerprint density at radius 3 is 2.53 bits per heavy atom. The Balaban J connectivity index is 2.66. The van der Waals surface area contributed by atoms with Gasteiger partial charge in [-0.15, -0.1) is 0 Å². The van der Waals surface area contributed by atoms with E-state index in [1.807, 2.05) is 36.8 Å². The molecular formula is C12H18BrN3O. The molecule has 0 spiro atoms. The van der Waals surface area contributed by atoms with Crippen LogP contribution in [0.4, 0.5) is 5.69 Å². The van der Waals surface area contributed by atoms with E-state index in [1.54, 1.807) is 12.4 Å². The molecule has 0 saturated heterocycles. The van der Waals surface area contributed by atoms with Gasteiger partial charge in [0.15, 0.2) is 0 Å². The molecule has 1 aromatic heterocycles. The third-order valence-corrected chi connectivity index (χ3v) is 3.05. The minimum absolute atomic E-state index is 0.137. The van der Waals surface area contributed by atoms with Crippen molar-refractivity contribution in [3.63, 3.8) is 0 Å². The maximum atomic E-state index is 11.9. The molecule has 1 aromatic rings. The molecular weight excluding hydrogens is 282 g/mol. The highest BCUT2D eigenvalue weighted by molar-refractivity contribution is 9.10. The van der Waals surface area contributed by atoms with Crippen molar-refractivity contribution in [1.29, 1.82) is 0 Å². The van der Waals surface area contributed by atoms with Crippen LogP contribution in [0.25, 0.3) is 0 Å². The Morgan fingerprint density at radius 2 is 2.00 bits per heavy atom. The third-order valence-electron chi connectivity index (χ3n) is 2.62. The number of rotatable bonds is 5. The van der Waals surface area contributed by atoms with Crippen LogP contribution in [0.15, 0.2) is 22.9 Å². The van der Waals surface area contributed by atoms with Crippen molar-refractivity contribution < 1.29 is 4.79 Å². The number of carbonyl (C=O) groups excluding carboxylic acids is 1. The Kier molecular flexibility index (Phi) is 5.41. The van der Waals surface area contributed by atoms with Gasteiger partial charge in [0.05, 0.1) is 18.4 Å². The molecule has 0 N–H and O–H groups in total. The molecule has 0 fully saturated rings. The van der Waals surface area contributed by atoms with Gasteiger partial charge >= 0.3 is 0 Å². The van der Waals surface area contributed by atoms with Gasteiger partial charge in [-0.05, 0) is 35.8 Å². The number of nitrogens with zero attached hydrogens (tertiary/aromatic N) is 3. The molecule has 0 aromatic carbocycles. The Hall–Kier alpha value is -1.10. The Bertz CT molecular complexity index is 380. The summed E-state index contributed by atoms with van der Waals surface area (Å²) in [5.74, 6) is 0.137. The van der Waals surface area contributed by atoms with E-state index in [-0.39, 0.29) is 5.91 Å². The monoisotopic (exact) mass is 299 g/mol. The van der Waals surface area contributed by atoms with Crippen LogP contribution >= 0.6 is 15.9 Å². The summed E-state index contributed by atoms with van der Waals surface area (Å²) in [7, 11) is 1.89. The van der Waals surface area contributed by atoms with Gasteiger partial charge in [0.25, 0.3) is 0 Å². The van der Waals surface area contributed by atoms with Gasteiger partial charge in [-0.2, -0.15) is 0 Å². The molecule has 0 atom stereocenters. The van der Waals surface area contributed by atoms with Crippen molar-refractivity contribution >= 4 is 27.5 Å². The predicted octanol–water partition coefficient (Wildman–Crippen LogP) is 2.15. The fourth-order valence-corrected chi connectivity index (χ4v) is 1.93. The zero-order valence-corrected chi connectivity index (χ0v) is 12.1. The number of aromatic nitrogens is 1. The molecule has 1 amide bonds. The maximum absolute atomic E-state index is 11.9. The van der Waals surface area contributed by atoms with Crippen LogP contribution in [0.1, 0.15) is 13.8 Å². The van der Waals surface area contributed by atoms with E-state index in [4.69, 9.17) is 0 Å². The van der Waals surface area contributed by atoms with Gasteiger partial charge in [0, 0.05) is 30.8 Å². The molecule has 0 aliphatic carbocycles. The molecule has 1 heterocycles. The second kappa shape index (κ2) is 6.59. The summed E-state index contributed by atoms with van der Waals surface area (Å²) in [6.07, 6.45) is 3.48. The van der Waals surface area contributed by atoms with Crippen molar-refractivity contribution in [3.8, 4) is 0 Å². The highest BCUT2D eigenvalue weighted by Gasteiger charge is 2.12. The number of carbonyl (C=O) groups is 1. The molecule has 0 saturated carbocycles. The van der Waals surface area contributed by atoms with Gasteiger partial charge in [-0.3, -0.25) is 9.78 Å². The summed E-state index contributed by atoms with van der Waals surface area (Å²) in [4.78, 5) is 19.7. The lowest BCUT2D eigenvalue weighted by molar-refractivity contribution is -0.129. The van der Waals surface area contributed by atoms with Crippen LogP contribution < -0.4 is 4.90 Å². The van der Waals surface area contributed by atoms with Crippen LogP contribution in [-0.4, -0.2) is 42.5 Å². The van der Waals surface area contributed by atoms with Gasteiger partial charge in [0.1, 0.15) is 0 Å². The number of hydrogen-bond donors (Lipinski definition) is 0. The topological polar surface area (TPSA) is 36.4 Å². The first kappa shape index (κ1) is 14.0. The first-order valence-electron chi connectivity index (χ1n) is 5.68. The van der Waals surface area contributed by atoms with E-state index in [0.717, 1.165) is 23.2 Å². The average molecular weight is 300 g/mol. The van der Waals surface area contributed by atoms with E-state index in [0.29, 0.717) is 6.54 Å². The van der Waals surface area contributed by atoms with Crippen LogP contribution in [-0.2, 0) is 4.79 Å². The number of likely N-dealkylation sites (N-methyl/N-ethyl adjacent to an activating group) is 2. The van der Waals surface area contributed by atoms with Crippen molar-refractivity contribution in [2.24, 2.45) is 0 Å². The Labute approximate surface area is 111 Å². The fraction of sp³-hybridized carbons (Fsp3) is 0.500. The highest BCUT2D eigenvalue weighted by atomic mass is 79.9. The standard InChI is InChI=1S/C12H18BrN3O/c1-4-16(5-2)12(17)9-15(3)11-6-10(13)7-14-8-11/h6-8H,4-5,9H2,1-3H3. The number of pyridine rings is 1. The van der Waals surface area contributed by atoms with Gasteiger partial charge in [-0.1, -0.05) is 0 Å². The molecule has 0 aliphatic rings. The fourth-order valence-electron chi connectivity index (χ4n) is 1.58. The first-order valence-corrected chi connectivity index (χ1v) is 6.47. The van der Waals surface area contributed by atoms with E-state index in [2.05, 4.69) is 20.9 Å². The summed E-state index contributed by atoms with van der Waals surface area (Å²) < 4.78 is 0.914. The lowest BCUT2D eigenvalue weighted by Crippen LogP contribution is -2.38. The van der Waals surface area contributed by atoms with E-state index < -0.39 is 0 Å². The summed E-state index contributed by atoms with van der Waals surface area (Å²) in [5.41, 5.74) is 0.930. The van der Waals surface area contributed by atoms with Gasteiger partial charge in [0.2, 0.25) is 5.91 Å². The van der Waals surface area contributed by atoms with E-state index >= 15 is 0 Å². The van der Waals surface area contributed by atoms with Crippen molar-refractivity contribution in [2.45, 2.75) is 13.8 Å². The number of halogens is 1. The van der Waals surface area contributed by atoms with Crippen LogP contribution in [0.3, 0.4) is 0 Å². The van der Waals surface area contributed by atoms with Crippen molar-refractivity contribution in [1.82, 2.24) is 9.88 Å². The summed E-state index contributed by atoms with van der Waals surface area (Å²) >= 11 is 3.37. The molecule has 0 aliphatic heterocycles. The van der Waals surface area contributed by atoms with Crippen LogP contribution in [0.5, 0.6) is 0 Å². The van der Waals surface area contributed by atoms with E-state index in [1.165, 1.54) is 0 Å². The van der Waals surface area contributed by atoms with Crippen molar-refractivity contribution in [3.05, 3.63) is 22.9 Å². The molecule has 0 radical (unpaired) electrons. The number of hydrogen-bond acceptors (Lipinski definition) is 3. The minimum Gasteiger partial charge on any atom is -0.364 e. The molecule has 94 valence electrons. The normalized spacial score (nSPS) is 10.1. The lowest BCUT2D eigenvalue weighted by Gasteiger charge is -2.24. The van der Waals surface area contributed by atoms with Crippen molar-refractivity contribution in [2.75, 3.05) is 31.6 Å². The van der Waals surface area contributed by atoms with Crippen LogP contribution in [0, 0.1) is 0 Å². The molecule has 1 rings (SSSR count).